The second kappa shape index (κ2) is 7.62. The summed E-state index contributed by atoms with van der Waals surface area (Å²) in [7, 11) is 3.87. The first-order chi connectivity index (χ1) is 10.9. The molecule has 0 bridgehead atoms. The molecule has 0 atom stereocenters. The van der Waals surface area contributed by atoms with Crippen molar-refractivity contribution >= 4 is 41.1 Å². The maximum absolute atomic E-state index is 6.11. The van der Waals surface area contributed by atoms with Crippen LogP contribution >= 0.6 is 23.2 Å². The molecule has 0 amide bonds. The maximum atomic E-state index is 6.11. The van der Waals surface area contributed by atoms with Crippen molar-refractivity contribution in [2.75, 3.05) is 24.4 Å². The Bertz CT molecular complexity index is 687. The highest BCUT2D eigenvalue weighted by molar-refractivity contribution is 6.36. The zero-order chi connectivity index (χ0) is 17.0. The van der Waals surface area contributed by atoms with Gasteiger partial charge in [-0.25, -0.2) is 9.97 Å². The Morgan fingerprint density at radius 2 is 1.91 bits per heavy atom. The molecule has 5 nitrogen and oxygen atoms in total. The monoisotopic (exact) mass is 351 g/mol. The molecule has 23 heavy (non-hydrogen) atoms. The van der Waals surface area contributed by atoms with E-state index < -0.39 is 0 Å². The van der Waals surface area contributed by atoms with Crippen molar-refractivity contribution in [2.24, 2.45) is 5.10 Å². The van der Waals surface area contributed by atoms with Gasteiger partial charge in [-0.3, -0.25) is 5.43 Å². The molecule has 0 aliphatic rings. The number of hydrogen-bond acceptors (Lipinski definition) is 5. The van der Waals surface area contributed by atoms with E-state index in [0.717, 1.165) is 17.2 Å². The van der Waals surface area contributed by atoms with Gasteiger partial charge in [0.15, 0.2) is 5.82 Å². The van der Waals surface area contributed by atoms with Crippen LogP contribution in [0.5, 0.6) is 0 Å². The molecular formula is C16H19Cl2N5. The molecule has 1 N–H and O–H groups in total. The summed E-state index contributed by atoms with van der Waals surface area (Å²) in [5.41, 5.74) is 3.70. The summed E-state index contributed by atoms with van der Waals surface area (Å²) >= 11 is 12.0. The summed E-state index contributed by atoms with van der Waals surface area (Å²) in [5.74, 6) is 2.45. The lowest BCUT2D eigenvalue weighted by Crippen LogP contribution is -2.13. The van der Waals surface area contributed by atoms with Crippen LogP contribution in [0.4, 0.5) is 11.6 Å². The Kier molecular flexibility index (Phi) is 5.80. The molecular weight excluding hydrogens is 333 g/mol. The Morgan fingerprint density at radius 3 is 2.52 bits per heavy atom. The minimum Gasteiger partial charge on any atom is -0.363 e. The van der Waals surface area contributed by atoms with Crippen molar-refractivity contribution in [1.29, 1.82) is 0 Å². The van der Waals surface area contributed by atoms with Crippen LogP contribution < -0.4 is 10.3 Å². The summed E-state index contributed by atoms with van der Waals surface area (Å²) in [6, 6.07) is 7.09. The Morgan fingerprint density at radius 1 is 1.17 bits per heavy atom. The summed E-state index contributed by atoms with van der Waals surface area (Å²) in [4.78, 5) is 10.9. The van der Waals surface area contributed by atoms with Gasteiger partial charge in [0, 0.05) is 36.7 Å². The zero-order valence-electron chi connectivity index (χ0n) is 13.5. The molecule has 1 aromatic heterocycles. The highest BCUT2D eigenvalue weighted by atomic mass is 35.5. The molecule has 1 heterocycles. The first-order valence-electron chi connectivity index (χ1n) is 7.17. The lowest BCUT2D eigenvalue weighted by atomic mass is 10.2. The third kappa shape index (κ3) is 4.81. The van der Waals surface area contributed by atoms with Crippen LogP contribution in [0.3, 0.4) is 0 Å². The minimum absolute atomic E-state index is 0.227. The number of nitrogens with one attached hydrogen (secondary N) is 1. The number of aromatic nitrogens is 2. The van der Waals surface area contributed by atoms with Crippen LogP contribution in [-0.4, -0.2) is 30.3 Å². The van der Waals surface area contributed by atoms with Gasteiger partial charge >= 0.3 is 0 Å². The number of anilines is 2. The molecule has 2 aromatic rings. The van der Waals surface area contributed by atoms with Crippen LogP contribution in [0.2, 0.25) is 10.0 Å². The van der Waals surface area contributed by atoms with Gasteiger partial charge < -0.3 is 4.90 Å². The van der Waals surface area contributed by atoms with E-state index in [4.69, 9.17) is 23.2 Å². The Labute approximate surface area is 146 Å². The largest absolute Gasteiger partial charge is 0.363 e. The predicted octanol–water partition coefficient (Wildman–Crippen LogP) is 4.42. The first kappa shape index (κ1) is 17.5. The standard InChI is InChI=1S/C16H19Cl2N5/c1-10(2)16-20-14(8-15(21-16)23(3)4)22-19-9-11-5-6-12(17)7-13(11)18/h5-10H,1-4H3,(H,20,21,22)/b19-9-. The predicted molar refractivity (Wildman–Crippen MR) is 98.1 cm³/mol. The van der Waals surface area contributed by atoms with Crippen LogP contribution in [0.25, 0.3) is 0 Å². The van der Waals surface area contributed by atoms with Gasteiger partial charge in [0.25, 0.3) is 0 Å². The molecule has 0 aliphatic carbocycles. The van der Waals surface area contributed by atoms with Crippen molar-refractivity contribution < 1.29 is 0 Å². The highest BCUT2D eigenvalue weighted by Crippen LogP contribution is 2.20. The van der Waals surface area contributed by atoms with E-state index in [0.29, 0.717) is 15.9 Å². The van der Waals surface area contributed by atoms with E-state index in [1.165, 1.54) is 0 Å². The van der Waals surface area contributed by atoms with Gasteiger partial charge in [0.05, 0.1) is 11.2 Å². The second-order valence-corrected chi connectivity index (χ2v) is 6.40. The molecule has 0 aliphatic heterocycles. The van der Waals surface area contributed by atoms with Crippen molar-refractivity contribution in [3.05, 3.63) is 45.7 Å². The highest BCUT2D eigenvalue weighted by Gasteiger charge is 2.09. The zero-order valence-corrected chi connectivity index (χ0v) is 15.0. The molecule has 0 spiro atoms. The third-order valence-electron chi connectivity index (χ3n) is 3.05. The minimum atomic E-state index is 0.227. The van der Waals surface area contributed by atoms with E-state index in [9.17, 15) is 0 Å². The van der Waals surface area contributed by atoms with E-state index in [-0.39, 0.29) is 5.92 Å². The van der Waals surface area contributed by atoms with Gasteiger partial charge in [-0.2, -0.15) is 5.10 Å². The molecule has 2 rings (SSSR count). The van der Waals surface area contributed by atoms with Crippen LogP contribution in [-0.2, 0) is 0 Å². The van der Waals surface area contributed by atoms with E-state index >= 15 is 0 Å². The Hall–Kier alpha value is -1.85. The molecule has 0 radical (unpaired) electrons. The summed E-state index contributed by atoms with van der Waals surface area (Å²) in [6.45, 7) is 4.10. The van der Waals surface area contributed by atoms with Crippen molar-refractivity contribution in [3.8, 4) is 0 Å². The molecule has 0 fully saturated rings. The summed E-state index contributed by atoms with van der Waals surface area (Å²) in [6.07, 6.45) is 1.63. The summed E-state index contributed by atoms with van der Waals surface area (Å²) < 4.78 is 0. The number of rotatable bonds is 5. The molecule has 0 saturated carbocycles. The molecule has 0 saturated heterocycles. The van der Waals surface area contributed by atoms with Crippen molar-refractivity contribution in [3.63, 3.8) is 0 Å². The molecule has 122 valence electrons. The summed E-state index contributed by atoms with van der Waals surface area (Å²) in [5, 5.41) is 5.33. The van der Waals surface area contributed by atoms with E-state index in [1.807, 2.05) is 25.1 Å². The number of nitrogens with zero attached hydrogens (tertiary/aromatic N) is 4. The smallest absolute Gasteiger partial charge is 0.152 e. The Balaban J connectivity index is 2.20. The fourth-order valence-corrected chi connectivity index (χ4v) is 2.23. The second-order valence-electron chi connectivity index (χ2n) is 5.55. The van der Waals surface area contributed by atoms with Gasteiger partial charge in [0.1, 0.15) is 11.6 Å². The van der Waals surface area contributed by atoms with E-state index in [2.05, 4.69) is 34.3 Å². The van der Waals surface area contributed by atoms with Gasteiger partial charge in [-0.15, -0.1) is 0 Å². The van der Waals surface area contributed by atoms with E-state index in [1.54, 1.807) is 24.4 Å². The number of hydrogen-bond donors (Lipinski definition) is 1. The van der Waals surface area contributed by atoms with Crippen molar-refractivity contribution in [1.82, 2.24) is 9.97 Å². The molecule has 0 unspecified atom stereocenters. The van der Waals surface area contributed by atoms with Crippen LogP contribution in [0, 0.1) is 0 Å². The maximum Gasteiger partial charge on any atom is 0.152 e. The molecule has 7 heteroatoms. The lowest BCUT2D eigenvalue weighted by molar-refractivity contribution is 0.771. The fraction of sp³-hybridized carbons (Fsp3) is 0.312. The third-order valence-corrected chi connectivity index (χ3v) is 3.61. The van der Waals surface area contributed by atoms with Gasteiger partial charge in [0.2, 0.25) is 0 Å². The van der Waals surface area contributed by atoms with Crippen LogP contribution in [0.15, 0.2) is 29.4 Å². The topological polar surface area (TPSA) is 53.4 Å². The SMILES string of the molecule is CC(C)c1nc(N/N=C\c2ccc(Cl)cc2Cl)cc(N(C)C)n1. The number of benzene rings is 1. The van der Waals surface area contributed by atoms with Gasteiger partial charge in [-0.05, 0) is 12.1 Å². The quantitative estimate of drug-likeness (QED) is 0.639. The fourth-order valence-electron chi connectivity index (χ4n) is 1.77. The van der Waals surface area contributed by atoms with Gasteiger partial charge in [-0.1, -0.05) is 43.1 Å². The normalized spacial score (nSPS) is 11.3. The lowest BCUT2D eigenvalue weighted by Gasteiger charge is -2.15. The number of hydrazone groups is 1. The average Bonchev–Trinajstić information content (AvgIpc) is 2.49. The first-order valence-corrected chi connectivity index (χ1v) is 7.93. The number of halogens is 2. The average molecular weight is 352 g/mol. The molecule has 1 aromatic carbocycles. The van der Waals surface area contributed by atoms with Crippen molar-refractivity contribution in [2.45, 2.75) is 19.8 Å². The van der Waals surface area contributed by atoms with Crippen LogP contribution in [0.1, 0.15) is 31.2 Å².